The van der Waals surface area contributed by atoms with E-state index in [1.807, 2.05) is 31.3 Å². The number of H-pyrrole nitrogens is 1. The fraction of sp³-hybridized carbons (Fsp3) is 0.182. The predicted octanol–water partition coefficient (Wildman–Crippen LogP) is 0.776. The molecule has 0 aliphatic carbocycles. The summed E-state index contributed by atoms with van der Waals surface area (Å²) < 4.78 is 0. The third-order valence-electron chi connectivity index (χ3n) is 2.20. The monoisotopic (exact) mass is 231 g/mol. The van der Waals surface area contributed by atoms with Gasteiger partial charge in [-0.05, 0) is 24.7 Å². The van der Waals surface area contributed by atoms with Crippen molar-refractivity contribution >= 4 is 11.6 Å². The zero-order chi connectivity index (χ0) is 12.1. The summed E-state index contributed by atoms with van der Waals surface area (Å²) in [6, 6.07) is 7.61. The molecule has 6 nitrogen and oxygen atoms in total. The van der Waals surface area contributed by atoms with E-state index in [2.05, 4.69) is 25.8 Å². The summed E-state index contributed by atoms with van der Waals surface area (Å²) in [6.45, 7) is 0.756. The van der Waals surface area contributed by atoms with Gasteiger partial charge in [0.25, 0.3) is 5.91 Å². The van der Waals surface area contributed by atoms with Crippen LogP contribution in [0.4, 0.5) is 5.69 Å². The van der Waals surface area contributed by atoms with Gasteiger partial charge in [-0.2, -0.15) is 5.10 Å². The van der Waals surface area contributed by atoms with Crippen molar-refractivity contribution in [3.63, 3.8) is 0 Å². The van der Waals surface area contributed by atoms with Crippen LogP contribution in [0, 0.1) is 0 Å². The van der Waals surface area contributed by atoms with E-state index in [4.69, 9.17) is 0 Å². The van der Waals surface area contributed by atoms with Crippen LogP contribution in [0.1, 0.15) is 16.2 Å². The van der Waals surface area contributed by atoms with Crippen LogP contribution in [0.2, 0.25) is 0 Å². The van der Waals surface area contributed by atoms with Crippen LogP contribution in [-0.4, -0.2) is 28.1 Å². The van der Waals surface area contributed by atoms with Crippen molar-refractivity contribution in [2.45, 2.75) is 6.54 Å². The van der Waals surface area contributed by atoms with E-state index in [1.165, 1.54) is 6.33 Å². The van der Waals surface area contributed by atoms with Crippen LogP contribution in [0.15, 0.2) is 30.6 Å². The number of amides is 1. The zero-order valence-electron chi connectivity index (χ0n) is 9.40. The first kappa shape index (κ1) is 11.3. The molecule has 0 atom stereocenters. The number of aromatic nitrogens is 3. The largest absolute Gasteiger partial charge is 0.319 e. The summed E-state index contributed by atoms with van der Waals surface area (Å²) in [4.78, 5) is 15.5. The Labute approximate surface area is 98.5 Å². The molecule has 0 unspecified atom stereocenters. The lowest BCUT2D eigenvalue weighted by atomic mass is 10.2. The van der Waals surface area contributed by atoms with E-state index in [1.54, 1.807) is 0 Å². The van der Waals surface area contributed by atoms with Gasteiger partial charge in [-0.25, -0.2) is 4.98 Å². The summed E-state index contributed by atoms with van der Waals surface area (Å²) in [5, 5.41) is 11.9. The molecule has 6 heteroatoms. The molecule has 0 aliphatic rings. The second-order valence-electron chi connectivity index (χ2n) is 3.52. The number of nitrogens with zero attached hydrogens (tertiary/aromatic N) is 2. The maximum Gasteiger partial charge on any atom is 0.292 e. The molecule has 0 fully saturated rings. The van der Waals surface area contributed by atoms with Crippen LogP contribution in [0.25, 0.3) is 0 Å². The van der Waals surface area contributed by atoms with E-state index in [0.29, 0.717) is 0 Å². The summed E-state index contributed by atoms with van der Waals surface area (Å²) >= 11 is 0. The lowest BCUT2D eigenvalue weighted by molar-refractivity contribution is 0.101. The smallest absolute Gasteiger partial charge is 0.292 e. The van der Waals surface area contributed by atoms with E-state index in [-0.39, 0.29) is 11.7 Å². The topological polar surface area (TPSA) is 82.7 Å². The molecule has 0 bridgehead atoms. The van der Waals surface area contributed by atoms with Crippen LogP contribution < -0.4 is 10.6 Å². The Morgan fingerprint density at radius 2 is 2.35 bits per heavy atom. The van der Waals surface area contributed by atoms with Crippen LogP contribution in [-0.2, 0) is 6.54 Å². The van der Waals surface area contributed by atoms with Crippen molar-refractivity contribution in [3.8, 4) is 0 Å². The summed E-state index contributed by atoms with van der Waals surface area (Å²) in [7, 11) is 1.87. The zero-order valence-corrected chi connectivity index (χ0v) is 9.40. The van der Waals surface area contributed by atoms with Crippen molar-refractivity contribution in [3.05, 3.63) is 42.0 Å². The molecule has 0 spiro atoms. The Morgan fingerprint density at radius 1 is 1.47 bits per heavy atom. The quantitative estimate of drug-likeness (QED) is 0.726. The minimum absolute atomic E-state index is 0.198. The molecule has 1 heterocycles. The van der Waals surface area contributed by atoms with Gasteiger partial charge in [-0.1, -0.05) is 12.1 Å². The number of aromatic amines is 1. The molecule has 88 valence electrons. The first-order valence-corrected chi connectivity index (χ1v) is 5.20. The van der Waals surface area contributed by atoms with Crippen LogP contribution in [0.3, 0.4) is 0 Å². The average molecular weight is 231 g/mol. The molecule has 0 aliphatic heterocycles. The fourth-order valence-corrected chi connectivity index (χ4v) is 1.47. The van der Waals surface area contributed by atoms with Gasteiger partial charge in [0, 0.05) is 12.2 Å². The lowest BCUT2D eigenvalue weighted by Crippen LogP contribution is -2.14. The summed E-state index contributed by atoms with van der Waals surface area (Å²) in [5.74, 6) is -0.104. The Morgan fingerprint density at radius 3 is 3.06 bits per heavy atom. The van der Waals surface area contributed by atoms with Crippen molar-refractivity contribution in [1.29, 1.82) is 0 Å². The van der Waals surface area contributed by atoms with E-state index in [9.17, 15) is 4.79 Å². The number of nitrogens with one attached hydrogen (secondary N) is 3. The Bertz CT molecular complexity index is 494. The molecule has 1 aromatic heterocycles. The lowest BCUT2D eigenvalue weighted by Gasteiger charge is -2.05. The van der Waals surface area contributed by atoms with E-state index >= 15 is 0 Å². The van der Waals surface area contributed by atoms with Crippen molar-refractivity contribution in [1.82, 2.24) is 20.5 Å². The van der Waals surface area contributed by atoms with Gasteiger partial charge in [-0.3, -0.25) is 9.89 Å². The number of carbonyl (C=O) groups excluding carboxylic acids is 1. The van der Waals surface area contributed by atoms with Crippen molar-refractivity contribution in [2.24, 2.45) is 0 Å². The van der Waals surface area contributed by atoms with Crippen LogP contribution >= 0.6 is 0 Å². The molecule has 0 saturated heterocycles. The Balaban J connectivity index is 2.08. The average Bonchev–Trinajstić information content (AvgIpc) is 2.83. The number of anilines is 1. The number of hydrogen-bond acceptors (Lipinski definition) is 4. The third-order valence-corrected chi connectivity index (χ3v) is 2.20. The maximum absolute atomic E-state index is 11.7. The highest BCUT2D eigenvalue weighted by Gasteiger charge is 2.08. The first-order chi connectivity index (χ1) is 8.29. The molecule has 2 rings (SSSR count). The second kappa shape index (κ2) is 5.22. The number of carbonyl (C=O) groups is 1. The van der Waals surface area contributed by atoms with Crippen LogP contribution in [0.5, 0.6) is 0 Å². The standard InChI is InChI=1S/C11H13N5O/c1-12-6-8-3-2-4-9(5-8)15-11(17)10-13-7-14-16-10/h2-5,7,12H,6H2,1H3,(H,15,17)(H,13,14,16). The predicted molar refractivity (Wildman–Crippen MR) is 63.5 cm³/mol. The van der Waals surface area contributed by atoms with Gasteiger partial charge in [-0.15, -0.1) is 0 Å². The Hall–Kier alpha value is -2.21. The summed E-state index contributed by atoms with van der Waals surface area (Å²) in [5.41, 5.74) is 1.84. The molecule has 2 aromatic rings. The van der Waals surface area contributed by atoms with E-state index < -0.39 is 0 Å². The molecule has 0 radical (unpaired) electrons. The second-order valence-corrected chi connectivity index (χ2v) is 3.52. The minimum atomic E-state index is -0.302. The van der Waals surface area contributed by atoms with Gasteiger partial charge < -0.3 is 10.6 Å². The van der Waals surface area contributed by atoms with Gasteiger partial charge >= 0.3 is 0 Å². The van der Waals surface area contributed by atoms with Crippen molar-refractivity contribution < 1.29 is 4.79 Å². The number of rotatable bonds is 4. The normalized spacial score (nSPS) is 10.2. The van der Waals surface area contributed by atoms with Gasteiger partial charge in [0.15, 0.2) is 0 Å². The highest BCUT2D eigenvalue weighted by atomic mass is 16.2. The highest BCUT2D eigenvalue weighted by molar-refractivity contribution is 6.01. The van der Waals surface area contributed by atoms with E-state index in [0.717, 1.165) is 17.8 Å². The SMILES string of the molecule is CNCc1cccc(NC(=O)c2ncn[nH]2)c1. The van der Waals surface area contributed by atoms with Gasteiger partial charge in [0.05, 0.1) is 0 Å². The van der Waals surface area contributed by atoms with Crippen molar-refractivity contribution in [2.75, 3.05) is 12.4 Å². The Kier molecular flexibility index (Phi) is 3.46. The molecular formula is C11H13N5O. The molecule has 17 heavy (non-hydrogen) atoms. The highest BCUT2D eigenvalue weighted by Crippen LogP contribution is 2.11. The number of hydrogen-bond donors (Lipinski definition) is 3. The molecule has 0 saturated carbocycles. The van der Waals surface area contributed by atoms with Gasteiger partial charge in [0.2, 0.25) is 5.82 Å². The maximum atomic E-state index is 11.7. The minimum Gasteiger partial charge on any atom is -0.319 e. The number of benzene rings is 1. The fourth-order valence-electron chi connectivity index (χ4n) is 1.47. The first-order valence-electron chi connectivity index (χ1n) is 5.20. The molecule has 1 aromatic carbocycles. The molecular weight excluding hydrogens is 218 g/mol. The molecule has 3 N–H and O–H groups in total. The van der Waals surface area contributed by atoms with Gasteiger partial charge in [0.1, 0.15) is 6.33 Å². The third kappa shape index (κ3) is 2.88. The summed E-state index contributed by atoms with van der Waals surface area (Å²) in [6.07, 6.45) is 1.30. The molecule has 1 amide bonds.